The summed E-state index contributed by atoms with van der Waals surface area (Å²) in [5.41, 5.74) is 5.24. The Morgan fingerprint density at radius 2 is 1.80 bits per heavy atom. The fourth-order valence-electron chi connectivity index (χ4n) is 2.58. The Bertz CT molecular complexity index is 770. The average Bonchev–Trinajstić information content (AvgIpc) is 2.77. The Kier molecular flexibility index (Phi) is 3.45. The summed E-state index contributed by atoms with van der Waals surface area (Å²) in [6.45, 7) is 4.16. The second kappa shape index (κ2) is 5.12. The first kappa shape index (κ1) is 13.5. The van der Waals surface area contributed by atoms with Crippen molar-refractivity contribution in [2.24, 2.45) is 0 Å². The Morgan fingerprint density at radius 1 is 1.10 bits per heavy atom. The zero-order valence-electron chi connectivity index (χ0n) is 11.3. The van der Waals surface area contributed by atoms with Crippen molar-refractivity contribution in [2.75, 3.05) is 0 Å². The minimum atomic E-state index is 0.345. The van der Waals surface area contributed by atoms with Gasteiger partial charge in [0.25, 0.3) is 0 Å². The molecule has 0 radical (unpaired) electrons. The third-order valence-electron chi connectivity index (χ3n) is 3.28. The maximum atomic E-state index is 6.36. The maximum Gasteiger partial charge on any atom is 0.129 e. The molecule has 0 amide bonds. The molecule has 0 N–H and O–H groups in total. The number of alkyl halides is 1. The number of rotatable bonds is 2. The number of aromatic nitrogens is 2. The maximum absolute atomic E-state index is 6.36. The van der Waals surface area contributed by atoms with Gasteiger partial charge in [0.2, 0.25) is 0 Å². The monoisotopic (exact) mass is 304 g/mol. The van der Waals surface area contributed by atoms with Crippen LogP contribution in [-0.2, 0) is 5.88 Å². The minimum Gasteiger partial charge on any atom is -0.294 e. The van der Waals surface area contributed by atoms with E-state index >= 15 is 0 Å². The average molecular weight is 305 g/mol. The largest absolute Gasteiger partial charge is 0.294 e. The molecular formula is C16H14Cl2N2. The fraction of sp³-hybridized carbons (Fsp3) is 0.188. The molecule has 0 unspecified atom stereocenters. The fourth-order valence-corrected chi connectivity index (χ4v) is 3.01. The van der Waals surface area contributed by atoms with E-state index in [4.69, 9.17) is 23.2 Å². The number of hydrogen-bond donors (Lipinski definition) is 0. The highest BCUT2D eigenvalue weighted by Crippen LogP contribution is 2.29. The number of aryl methyl sites for hydroxylation is 2. The number of para-hydroxylation sites is 1. The summed E-state index contributed by atoms with van der Waals surface area (Å²) in [6.07, 6.45) is 0. The Hall–Kier alpha value is -1.51. The Balaban J connectivity index is 2.39. The van der Waals surface area contributed by atoms with Crippen LogP contribution in [-0.4, -0.2) is 9.55 Å². The minimum absolute atomic E-state index is 0.345. The first-order valence-corrected chi connectivity index (χ1v) is 7.32. The van der Waals surface area contributed by atoms with Gasteiger partial charge in [0.05, 0.1) is 21.9 Å². The number of benzene rings is 2. The van der Waals surface area contributed by atoms with Crippen molar-refractivity contribution >= 4 is 34.2 Å². The summed E-state index contributed by atoms with van der Waals surface area (Å²) >= 11 is 12.4. The summed E-state index contributed by atoms with van der Waals surface area (Å²) in [4.78, 5) is 4.57. The molecule has 0 atom stereocenters. The van der Waals surface area contributed by atoms with E-state index in [-0.39, 0.29) is 0 Å². The van der Waals surface area contributed by atoms with Gasteiger partial charge in [0, 0.05) is 5.69 Å². The standard InChI is InChI=1S/C16H14Cl2N2/c1-10-6-11(2)8-12(7-10)20-15(9-17)19-14-5-3-4-13(18)16(14)20/h3-8H,9H2,1-2H3. The van der Waals surface area contributed by atoms with Crippen molar-refractivity contribution in [3.8, 4) is 5.69 Å². The third-order valence-corrected chi connectivity index (χ3v) is 3.82. The van der Waals surface area contributed by atoms with E-state index in [0.29, 0.717) is 10.9 Å². The van der Waals surface area contributed by atoms with E-state index in [1.165, 1.54) is 11.1 Å². The molecule has 0 bridgehead atoms. The molecule has 2 aromatic carbocycles. The molecule has 3 rings (SSSR count). The predicted molar refractivity (Wildman–Crippen MR) is 85.1 cm³/mol. The topological polar surface area (TPSA) is 17.8 Å². The highest BCUT2D eigenvalue weighted by molar-refractivity contribution is 6.35. The lowest BCUT2D eigenvalue weighted by Gasteiger charge is -2.11. The van der Waals surface area contributed by atoms with E-state index < -0.39 is 0 Å². The summed E-state index contributed by atoms with van der Waals surface area (Å²) in [5.74, 6) is 1.15. The van der Waals surface area contributed by atoms with E-state index in [1.807, 2.05) is 22.8 Å². The Labute approximate surface area is 128 Å². The molecule has 2 nitrogen and oxygen atoms in total. The molecule has 102 valence electrons. The normalized spacial score (nSPS) is 11.2. The van der Waals surface area contributed by atoms with Crippen LogP contribution in [0, 0.1) is 13.8 Å². The van der Waals surface area contributed by atoms with Gasteiger partial charge in [0.1, 0.15) is 5.82 Å². The van der Waals surface area contributed by atoms with Crippen LogP contribution in [0.25, 0.3) is 16.7 Å². The van der Waals surface area contributed by atoms with Gasteiger partial charge >= 0.3 is 0 Å². The molecule has 3 aromatic rings. The summed E-state index contributed by atoms with van der Waals surface area (Å²) in [6, 6.07) is 12.1. The second-order valence-electron chi connectivity index (χ2n) is 4.95. The van der Waals surface area contributed by atoms with Crippen molar-refractivity contribution in [1.82, 2.24) is 9.55 Å². The molecule has 1 aromatic heterocycles. The predicted octanol–water partition coefficient (Wildman–Crippen LogP) is 5.03. The number of fused-ring (bicyclic) bond motifs is 1. The van der Waals surface area contributed by atoms with Crippen LogP contribution in [0.1, 0.15) is 17.0 Å². The van der Waals surface area contributed by atoms with Crippen LogP contribution in [0.2, 0.25) is 5.02 Å². The molecular weight excluding hydrogens is 291 g/mol. The Morgan fingerprint density at radius 3 is 2.45 bits per heavy atom. The molecule has 1 heterocycles. The van der Waals surface area contributed by atoms with E-state index in [2.05, 4.69) is 37.0 Å². The first-order valence-electron chi connectivity index (χ1n) is 6.40. The number of halogens is 2. The lowest BCUT2D eigenvalue weighted by Crippen LogP contribution is -2.00. The quantitative estimate of drug-likeness (QED) is 0.607. The van der Waals surface area contributed by atoms with E-state index in [0.717, 1.165) is 22.5 Å². The summed E-state index contributed by atoms with van der Waals surface area (Å²) in [5, 5.41) is 0.686. The summed E-state index contributed by atoms with van der Waals surface area (Å²) in [7, 11) is 0. The SMILES string of the molecule is Cc1cc(C)cc(-n2c(CCl)nc3cccc(Cl)c32)c1. The molecule has 0 fully saturated rings. The second-order valence-corrected chi connectivity index (χ2v) is 5.63. The molecule has 4 heteroatoms. The molecule has 20 heavy (non-hydrogen) atoms. The van der Waals surface area contributed by atoms with Gasteiger partial charge in [-0.2, -0.15) is 0 Å². The lowest BCUT2D eigenvalue weighted by atomic mass is 10.1. The van der Waals surface area contributed by atoms with Crippen molar-refractivity contribution in [3.63, 3.8) is 0 Å². The van der Waals surface area contributed by atoms with Crippen LogP contribution >= 0.6 is 23.2 Å². The van der Waals surface area contributed by atoms with Crippen molar-refractivity contribution < 1.29 is 0 Å². The van der Waals surface area contributed by atoms with Gasteiger partial charge in [-0.05, 0) is 49.2 Å². The van der Waals surface area contributed by atoms with Crippen molar-refractivity contribution in [1.29, 1.82) is 0 Å². The van der Waals surface area contributed by atoms with Gasteiger partial charge in [-0.15, -0.1) is 11.6 Å². The van der Waals surface area contributed by atoms with Crippen LogP contribution in [0.5, 0.6) is 0 Å². The zero-order valence-corrected chi connectivity index (χ0v) is 12.8. The molecule has 0 spiro atoms. The first-order chi connectivity index (χ1) is 9.60. The van der Waals surface area contributed by atoms with E-state index in [1.54, 1.807) is 0 Å². The smallest absolute Gasteiger partial charge is 0.129 e. The molecule has 0 aliphatic carbocycles. The number of hydrogen-bond acceptors (Lipinski definition) is 1. The van der Waals surface area contributed by atoms with Gasteiger partial charge in [0.15, 0.2) is 0 Å². The summed E-state index contributed by atoms with van der Waals surface area (Å²) < 4.78 is 2.05. The van der Waals surface area contributed by atoms with Crippen LogP contribution in [0.3, 0.4) is 0 Å². The van der Waals surface area contributed by atoms with Gasteiger partial charge in [-0.1, -0.05) is 23.7 Å². The van der Waals surface area contributed by atoms with Crippen LogP contribution in [0.4, 0.5) is 0 Å². The zero-order chi connectivity index (χ0) is 14.3. The molecule has 0 aliphatic rings. The van der Waals surface area contributed by atoms with Crippen molar-refractivity contribution in [3.05, 3.63) is 58.4 Å². The van der Waals surface area contributed by atoms with Gasteiger partial charge in [-0.25, -0.2) is 4.98 Å². The van der Waals surface area contributed by atoms with Gasteiger partial charge in [-0.3, -0.25) is 4.57 Å². The van der Waals surface area contributed by atoms with Crippen molar-refractivity contribution in [2.45, 2.75) is 19.7 Å². The highest BCUT2D eigenvalue weighted by atomic mass is 35.5. The van der Waals surface area contributed by atoms with Crippen LogP contribution in [0.15, 0.2) is 36.4 Å². The number of nitrogens with zero attached hydrogens (tertiary/aromatic N) is 2. The van der Waals surface area contributed by atoms with E-state index in [9.17, 15) is 0 Å². The highest BCUT2D eigenvalue weighted by Gasteiger charge is 2.14. The molecule has 0 saturated carbocycles. The molecule has 0 saturated heterocycles. The van der Waals surface area contributed by atoms with Gasteiger partial charge < -0.3 is 0 Å². The third kappa shape index (κ3) is 2.19. The number of imidazole rings is 1. The van der Waals surface area contributed by atoms with Crippen LogP contribution < -0.4 is 0 Å². The lowest BCUT2D eigenvalue weighted by molar-refractivity contribution is 0.978. The molecule has 0 aliphatic heterocycles.